The summed E-state index contributed by atoms with van der Waals surface area (Å²) in [6.07, 6.45) is 6.33. The molecule has 1 aromatic heterocycles. The van der Waals surface area contributed by atoms with Crippen molar-refractivity contribution in [2.75, 3.05) is 31.2 Å². The van der Waals surface area contributed by atoms with Crippen molar-refractivity contribution in [3.05, 3.63) is 12.4 Å². The van der Waals surface area contributed by atoms with Crippen LogP contribution >= 0.6 is 0 Å². The highest BCUT2D eigenvalue weighted by Crippen LogP contribution is 2.32. The van der Waals surface area contributed by atoms with E-state index in [-0.39, 0.29) is 29.6 Å². The lowest BCUT2D eigenvalue weighted by molar-refractivity contribution is -0.138. The van der Waals surface area contributed by atoms with Crippen LogP contribution in [0.4, 0.5) is 5.69 Å². The van der Waals surface area contributed by atoms with Gasteiger partial charge in [0.2, 0.25) is 17.7 Å². The van der Waals surface area contributed by atoms with Gasteiger partial charge in [-0.25, -0.2) is 0 Å². The van der Waals surface area contributed by atoms with Gasteiger partial charge in [0.15, 0.2) is 0 Å². The van der Waals surface area contributed by atoms with E-state index < -0.39 is 0 Å². The van der Waals surface area contributed by atoms with Crippen LogP contribution in [0, 0.1) is 11.8 Å². The minimum atomic E-state index is -0.214. The zero-order valence-corrected chi connectivity index (χ0v) is 14.4. The van der Waals surface area contributed by atoms with Crippen LogP contribution < -0.4 is 4.90 Å². The lowest BCUT2D eigenvalue weighted by Crippen LogP contribution is -2.47. The monoisotopic (exact) mass is 345 g/mol. The molecule has 2 aliphatic heterocycles. The van der Waals surface area contributed by atoms with Crippen molar-refractivity contribution >= 4 is 23.4 Å². The Morgan fingerprint density at radius 2 is 1.76 bits per heavy atom. The highest BCUT2D eigenvalue weighted by molar-refractivity contribution is 5.96. The van der Waals surface area contributed by atoms with Gasteiger partial charge in [0.05, 0.1) is 24.5 Å². The molecule has 3 fully saturated rings. The molecule has 1 saturated carbocycles. The highest BCUT2D eigenvalue weighted by atomic mass is 16.2. The van der Waals surface area contributed by atoms with Crippen LogP contribution in [0.25, 0.3) is 0 Å². The van der Waals surface area contributed by atoms with Crippen LogP contribution in [0.2, 0.25) is 0 Å². The number of anilines is 1. The van der Waals surface area contributed by atoms with E-state index in [1.807, 2.05) is 0 Å². The lowest BCUT2D eigenvalue weighted by atomic mass is 9.96. The number of hydrogen-bond acceptors (Lipinski definition) is 4. The summed E-state index contributed by atoms with van der Waals surface area (Å²) in [6, 6.07) is 0. The third-order valence-corrected chi connectivity index (χ3v) is 5.29. The second-order valence-corrected chi connectivity index (χ2v) is 7.23. The van der Waals surface area contributed by atoms with E-state index in [0.29, 0.717) is 39.1 Å². The molecule has 25 heavy (non-hydrogen) atoms. The summed E-state index contributed by atoms with van der Waals surface area (Å²) in [6.45, 7) is 2.00. The topological polar surface area (TPSA) is 78.8 Å². The summed E-state index contributed by atoms with van der Waals surface area (Å²) in [5, 5.41) is 4.11. The smallest absolute Gasteiger partial charge is 0.228 e. The van der Waals surface area contributed by atoms with Gasteiger partial charge in [-0.15, -0.1) is 0 Å². The van der Waals surface area contributed by atoms with Gasteiger partial charge in [0.25, 0.3) is 0 Å². The molecule has 3 aliphatic rings. The van der Waals surface area contributed by atoms with Gasteiger partial charge in [0.1, 0.15) is 0 Å². The van der Waals surface area contributed by atoms with Crippen LogP contribution in [0.1, 0.15) is 25.7 Å². The number of hydrogen-bond donors (Lipinski definition) is 0. The zero-order valence-electron chi connectivity index (χ0n) is 14.4. The Labute approximate surface area is 146 Å². The van der Waals surface area contributed by atoms with Crippen molar-refractivity contribution in [1.82, 2.24) is 19.6 Å². The van der Waals surface area contributed by atoms with E-state index >= 15 is 0 Å². The minimum Gasteiger partial charge on any atom is -0.323 e. The molecule has 0 aromatic carbocycles. The summed E-state index contributed by atoms with van der Waals surface area (Å²) < 4.78 is 1.65. The maximum atomic E-state index is 12.9. The molecule has 3 amide bonds. The first-order valence-electron chi connectivity index (χ1n) is 8.89. The predicted octanol–water partition coefficient (Wildman–Crippen LogP) is 0.201. The number of nitrogens with zero attached hydrogens (tertiary/aromatic N) is 5. The Morgan fingerprint density at radius 1 is 1.08 bits per heavy atom. The standard InChI is InChI=1S/C17H23N5O3/c1-19-10-14(8-18-19)22-9-13(4-5-15(22)23)17(25)21-7-6-20(11-21)16(24)12-2-3-12/h8,10,12-13H,2-7,9,11H2,1H3. The van der Waals surface area contributed by atoms with E-state index in [2.05, 4.69) is 5.10 Å². The Balaban J connectivity index is 1.40. The van der Waals surface area contributed by atoms with Gasteiger partial charge >= 0.3 is 0 Å². The van der Waals surface area contributed by atoms with Gasteiger partial charge in [-0.1, -0.05) is 0 Å². The van der Waals surface area contributed by atoms with Crippen molar-refractivity contribution in [2.45, 2.75) is 25.7 Å². The first-order valence-corrected chi connectivity index (χ1v) is 8.89. The van der Waals surface area contributed by atoms with Crippen molar-refractivity contribution in [2.24, 2.45) is 18.9 Å². The zero-order chi connectivity index (χ0) is 17.6. The SMILES string of the molecule is Cn1cc(N2CC(C(=O)N3CCN(C(=O)C4CC4)C3)CCC2=O)cn1. The molecule has 8 nitrogen and oxygen atoms in total. The van der Waals surface area contributed by atoms with Gasteiger partial charge in [-0.3, -0.25) is 19.1 Å². The Kier molecular flexibility index (Phi) is 3.97. The first-order chi connectivity index (χ1) is 12.0. The molecule has 1 unspecified atom stereocenters. The van der Waals surface area contributed by atoms with Crippen molar-refractivity contribution in [3.8, 4) is 0 Å². The second kappa shape index (κ2) is 6.16. The number of aromatic nitrogens is 2. The number of carbonyl (C=O) groups is 3. The van der Waals surface area contributed by atoms with Crippen LogP contribution in [0.5, 0.6) is 0 Å². The summed E-state index contributed by atoms with van der Waals surface area (Å²) in [5.41, 5.74) is 0.733. The predicted molar refractivity (Wildman–Crippen MR) is 89.3 cm³/mol. The third-order valence-electron chi connectivity index (χ3n) is 5.29. The molecule has 0 spiro atoms. The molecule has 134 valence electrons. The normalized spacial score (nSPS) is 24.1. The lowest BCUT2D eigenvalue weighted by Gasteiger charge is -2.33. The van der Waals surface area contributed by atoms with E-state index in [9.17, 15) is 14.4 Å². The van der Waals surface area contributed by atoms with Crippen LogP contribution in [-0.4, -0.2) is 63.6 Å². The quantitative estimate of drug-likeness (QED) is 0.784. The molecule has 0 radical (unpaired) electrons. The Hall–Kier alpha value is -2.38. The fraction of sp³-hybridized carbons (Fsp3) is 0.647. The molecule has 1 aliphatic carbocycles. The van der Waals surface area contributed by atoms with Crippen LogP contribution in [-0.2, 0) is 21.4 Å². The van der Waals surface area contributed by atoms with Crippen molar-refractivity contribution < 1.29 is 14.4 Å². The number of amides is 3. The number of piperidine rings is 1. The Bertz CT molecular complexity index is 711. The summed E-state index contributed by atoms with van der Waals surface area (Å²) in [7, 11) is 1.80. The molecule has 1 aromatic rings. The summed E-state index contributed by atoms with van der Waals surface area (Å²) in [4.78, 5) is 42.5. The maximum Gasteiger partial charge on any atom is 0.228 e. The van der Waals surface area contributed by atoms with Gasteiger partial charge in [-0.05, 0) is 19.3 Å². The third kappa shape index (κ3) is 3.12. The van der Waals surface area contributed by atoms with Gasteiger partial charge in [0, 0.05) is 45.2 Å². The summed E-state index contributed by atoms with van der Waals surface area (Å²) in [5.74, 6) is 0.236. The number of rotatable bonds is 3. The minimum absolute atomic E-state index is 0.0315. The average Bonchev–Trinajstić information content (AvgIpc) is 3.18. The Morgan fingerprint density at radius 3 is 2.36 bits per heavy atom. The van der Waals surface area contributed by atoms with E-state index in [4.69, 9.17) is 0 Å². The largest absolute Gasteiger partial charge is 0.323 e. The molecule has 4 rings (SSSR count). The number of carbonyl (C=O) groups excluding carboxylic acids is 3. The first kappa shape index (κ1) is 16.1. The van der Waals surface area contributed by atoms with Crippen LogP contribution in [0.15, 0.2) is 12.4 Å². The number of aryl methyl sites for hydroxylation is 1. The fourth-order valence-corrected chi connectivity index (χ4v) is 3.64. The van der Waals surface area contributed by atoms with E-state index in [1.54, 1.807) is 38.8 Å². The maximum absolute atomic E-state index is 12.9. The molecular formula is C17H23N5O3. The molecule has 2 saturated heterocycles. The van der Waals surface area contributed by atoms with Crippen molar-refractivity contribution in [1.29, 1.82) is 0 Å². The van der Waals surface area contributed by atoms with Crippen LogP contribution in [0.3, 0.4) is 0 Å². The van der Waals surface area contributed by atoms with E-state index in [1.165, 1.54) is 0 Å². The molecule has 0 bridgehead atoms. The molecule has 1 atom stereocenters. The van der Waals surface area contributed by atoms with E-state index in [0.717, 1.165) is 18.5 Å². The molecular weight excluding hydrogens is 322 g/mol. The average molecular weight is 345 g/mol. The second-order valence-electron chi connectivity index (χ2n) is 7.23. The fourth-order valence-electron chi connectivity index (χ4n) is 3.64. The molecule has 8 heteroatoms. The highest BCUT2D eigenvalue weighted by Gasteiger charge is 2.39. The van der Waals surface area contributed by atoms with Gasteiger partial charge in [-0.2, -0.15) is 5.10 Å². The van der Waals surface area contributed by atoms with Gasteiger partial charge < -0.3 is 14.7 Å². The molecule has 3 heterocycles. The summed E-state index contributed by atoms with van der Waals surface area (Å²) >= 11 is 0. The van der Waals surface area contributed by atoms with Crippen molar-refractivity contribution in [3.63, 3.8) is 0 Å². The molecule has 0 N–H and O–H groups in total.